The van der Waals surface area contributed by atoms with Gasteiger partial charge in [0.15, 0.2) is 6.61 Å². The fourth-order valence-corrected chi connectivity index (χ4v) is 1.62. The summed E-state index contributed by atoms with van der Waals surface area (Å²) in [5.74, 6) is 0.997. The monoisotopic (exact) mass is 310 g/mol. The zero-order valence-electron chi connectivity index (χ0n) is 12.4. The van der Waals surface area contributed by atoms with Crippen molar-refractivity contribution in [2.45, 2.75) is 39.7 Å². The van der Waals surface area contributed by atoms with Crippen molar-refractivity contribution < 1.29 is 18.4 Å². The van der Waals surface area contributed by atoms with Gasteiger partial charge in [0.2, 0.25) is 5.89 Å². The maximum Gasteiger partial charge on any atom is 0.695 e. The van der Waals surface area contributed by atoms with E-state index in [1.807, 2.05) is 30.3 Å². The number of hydrogen-bond acceptors (Lipinski definition) is 4. The highest BCUT2D eigenvalue weighted by atomic mass is 31.1. The lowest BCUT2D eigenvalue weighted by Gasteiger charge is -1.95. The average molecular weight is 310 g/mol. The van der Waals surface area contributed by atoms with E-state index >= 15 is 0 Å². The minimum Gasteiger partial charge on any atom is -0.443 e. The quantitative estimate of drug-likeness (QED) is 0.808. The van der Waals surface area contributed by atoms with Gasteiger partial charge in [-0.15, -0.1) is 9.42 Å². The highest BCUT2D eigenvalue weighted by Gasteiger charge is 2.15. The summed E-state index contributed by atoms with van der Waals surface area (Å²) < 4.78 is 20.2. The second-order valence-electron chi connectivity index (χ2n) is 4.39. The fraction of sp³-hybridized carbons (Fsp3) is 0.400. The Hall–Kier alpha value is -1.55. The molecule has 1 aromatic carbocycles. The Balaban J connectivity index is 0.000000491. The molecule has 1 N–H and O–H groups in total. The molecule has 0 saturated heterocycles. The molecule has 0 saturated carbocycles. The smallest absolute Gasteiger partial charge is 0.443 e. The largest absolute Gasteiger partial charge is 0.695 e. The topological polar surface area (TPSA) is 72.6 Å². The lowest BCUT2D eigenvalue weighted by Crippen LogP contribution is -1.85. The number of oxazole rings is 1. The molecule has 6 heteroatoms. The van der Waals surface area contributed by atoms with Crippen molar-refractivity contribution in [3.05, 3.63) is 53.7 Å². The van der Waals surface area contributed by atoms with Crippen molar-refractivity contribution in [3.63, 3.8) is 0 Å². The number of hydrogen-bond donors (Lipinski definition) is 1. The van der Waals surface area contributed by atoms with Crippen LogP contribution in [0.4, 0.5) is 0 Å². The van der Waals surface area contributed by atoms with Crippen molar-refractivity contribution in [2.75, 3.05) is 0 Å². The zero-order valence-corrected chi connectivity index (χ0v) is 13.3. The van der Waals surface area contributed by atoms with Gasteiger partial charge >= 0.3 is 8.25 Å². The first-order valence-corrected chi connectivity index (χ1v) is 8.05. The molecule has 2 aromatic rings. The van der Waals surface area contributed by atoms with Gasteiger partial charge in [0.25, 0.3) is 0 Å². The van der Waals surface area contributed by atoms with E-state index in [0.717, 1.165) is 5.56 Å². The van der Waals surface area contributed by atoms with E-state index in [1.165, 1.54) is 12.8 Å². The predicted molar refractivity (Wildman–Crippen MR) is 80.9 cm³/mol. The van der Waals surface area contributed by atoms with Gasteiger partial charge in [-0.1, -0.05) is 57.0 Å². The molecule has 0 spiro atoms. The van der Waals surface area contributed by atoms with E-state index in [2.05, 4.69) is 23.4 Å². The van der Waals surface area contributed by atoms with Gasteiger partial charge in [-0.05, 0) is 5.56 Å². The molecule has 2 rings (SSSR count). The van der Waals surface area contributed by atoms with Crippen molar-refractivity contribution >= 4 is 8.25 Å². The summed E-state index contributed by atoms with van der Waals surface area (Å²) >= 11 is 0. The van der Waals surface area contributed by atoms with E-state index in [9.17, 15) is 4.57 Å². The summed E-state index contributed by atoms with van der Waals surface area (Å²) in [6.07, 6.45) is 4.87. The Labute approximate surface area is 125 Å². The molecule has 0 aliphatic rings. The molecule has 0 amide bonds. The molecular formula is C15H21NO4P+. The van der Waals surface area contributed by atoms with Gasteiger partial charge in [-0.25, -0.2) is 4.98 Å². The van der Waals surface area contributed by atoms with Crippen LogP contribution in [0.1, 0.15) is 43.9 Å². The Morgan fingerprint density at radius 2 is 1.90 bits per heavy atom. The minimum atomic E-state index is -2.61. The molecule has 1 unspecified atom stereocenters. The molecule has 0 fully saturated rings. The third kappa shape index (κ3) is 7.71. The Kier molecular flexibility index (Phi) is 8.51. The molecule has 0 aliphatic heterocycles. The van der Waals surface area contributed by atoms with E-state index in [-0.39, 0.29) is 6.61 Å². The Morgan fingerprint density at radius 3 is 2.48 bits per heavy atom. The van der Waals surface area contributed by atoms with Crippen LogP contribution in [0.5, 0.6) is 0 Å². The van der Waals surface area contributed by atoms with Gasteiger partial charge in [0.05, 0.1) is 6.20 Å². The first-order chi connectivity index (χ1) is 10.2. The van der Waals surface area contributed by atoms with Crippen molar-refractivity contribution in [2.24, 2.45) is 0 Å². The van der Waals surface area contributed by atoms with Crippen LogP contribution in [0.25, 0.3) is 0 Å². The van der Waals surface area contributed by atoms with Crippen LogP contribution in [-0.2, 0) is 22.1 Å². The minimum absolute atomic E-state index is 0.0967. The third-order valence-electron chi connectivity index (χ3n) is 2.62. The number of rotatable bonds is 6. The number of aromatic nitrogens is 1. The normalized spacial score (nSPS) is 10.7. The van der Waals surface area contributed by atoms with Crippen molar-refractivity contribution in [1.29, 1.82) is 0 Å². The lowest BCUT2D eigenvalue weighted by molar-refractivity contribution is 0.239. The molecule has 0 aliphatic carbocycles. The summed E-state index contributed by atoms with van der Waals surface area (Å²) in [4.78, 5) is 12.4. The molecule has 5 nitrogen and oxygen atoms in total. The standard InChI is InChI=1S/C11H10NO4P.C4H10/c13-17(14)15-8-11-12-7-10(16-11)6-9-4-2-1-3-5-9;1-3-4-2/h1-5,7H,6,8H2;3-4H2,1-2H3/p+1. The van der Waals surface area contributed by atoms with Crippen LogP contribution in [-0.4, -0.2) is 9.88 Å². The van der Waals surface area contributed by atoms with Crippen molar-refractivity contribution in [1.82, 2.24) is 4.98 Å². The average Bonchev–Trinajstić information content (AvgIpc) is 2.94. The maximum absolute atomic E-state index is 10.3. The van der Waals surface area contributed by atoms with Gasteiger partial charge in [0, 0.05) is 11.0 Å². The summed E-state index contributed by atoms with van der Waals surface area (Å²) in [6, 6.07) is 9.83. The van der Waals surface area contributed by atoms with Crippen molar-refractivity contribution in [3.8, 4) is 0 Å². The van der Waals surface area contributed by atoms with E-state index in [0.29, 0.717) is 18.1 Å². The number of benzene rings is 1. The Bertz CT molecular complexity index is 525. The molecule has 0 radical (unpaired) electrons. The molecular weight excluding hydrogens is 289 g/mol. The summed E-state index contributed by atoms with van der Waals surface area (Å²) in [5.41, 5.74) is 1.12. The molecule has 114 valence electrons. The number of nitrogens with zero attached hydrogens (tertiary/aromatic N) is 1. The maximum atomic E-state index is 10.3. The van der Waals surface area contributed by atoms with Gasteiger partial charge in [-0.2, -0.15) is 0 Å². The lowest BCUT2D eigenvalue weighted by atomic mass is 10.1. The first-order valence-electron chi connectivity index (χ1n) is 6.92. The molecule has 1 atom stereocenters. The zero-order chi connectivity index (χ0) is 15.5. The highest BCUT2D eigenvalue weighted by molar-refractivity contribution is 7.32. The highest BCUT2D eigenvalue weighted by Crippen LogP contribution is 2.18. The van der Waals surface area contributed by atoms with Gasteiger partial charge in [0.1, 0.15) is 5.76 Å². The third-order valence-corrected chi connectivity index (χ3v) is 2.97. The SMILES string of the molecule is CCCC.O=[P+](O)OCc1ncc(Cc2ccccc2)o1. The Morgan fingerprint density at radius 1 is 1.24 bits per heavy atom. The second kappa shape index (κ2) is 10.2. The predicted octanol–water partition coefficient (Wildman–Crippen LogP) is 4.24. The van der Waals surface area contributed by atoms with Crippen LogP contribution in [0.3, 0.4) is 0 Å². The van der Waals surface area contributed by atoms with E-state index in [4.69, 9.17) is 9.31 Å². The summed E-state index contributed by atoms with van der Waals surface area (Å²) in [6.45, 7) is 4.26. The second-order valence-corrected chi connectivity index (χ2v) is 5.13. The van der Waals surface area contributed by atoms with Crippen LogP contribution in [0.2, 0.25) is 0 Å². The molecule has 1 aromatic heterocycles. The fourth-order valence-electron chi connectivity index (χ4n) is 1.40. The molecule has 1 heterocycles. The summed E-state index contributed by atoms with van der Waals surface area (Å²) in [7, 11) is -2.61. The first kappa shape index (κ1) is 17.5. The van der Waals surface area contributed by atoms with E-state index < -0.39 is 8.25 Å². The number of unbranched alkanes of at least 4 members (excludes halogenated alkanes) is 1. The van der Waals surface area contributed by atoms with E-state index in [1.54, 1.807) is 6.20 Å². The van der Waals surface area contributed by atoms with Gasteiger partial charge < -0.3 is 4.42 Å². The van der Waals surface area contributed by atoms with Crippen LogP contribution in [0, 0.1) is 0 Å². The van der Waals surface area contributed by atoms with Crippen LogP contribution >= 0.6 is 8.25 Å². The summed E-state index contributed by atoms with van der Waals surface area (Å²) in [5, 5.41) is 0. The molecule has 21 heavy (non-hydrogen) atoms. The van der Waals surface area contributed by atoms with Crippen LogP contribution < -0.4 is 0 Å². The molecule has 0 bridgehead atoms. The van der Waals surface area contributed by atoms with Gasteiger partial charge in [-0.3, -0.25) is 0 Å². The van der Waals surface area contributed by atoms with Crippen LogP contribution in [0.15, 0.2) is 40.9 Å².